The zero-order valence-corrected chi connectivity index (χ0v) is 12.8. The first-order chi connectivity index (χ1) is 9.77. The monoisotopic (exact) mass is 300 g/mol. The number of nitrogens with zero attached hydrogens (tertiary/aromatic N) is 1. The fourth-order valence-corrected chi connectivity index (χ4v) is 2.90. The largest absolute Gasteiger partial charge is 0.416 e. The molecule has 1 fully saturated rings. The van der Waals surface area contributed by atoms with Gasteiger partial charge in [0.25, 0.3) is 0 Å². The van der Waals surface area contributed by atoms with E-state index in [1.54, 1.807) is 6.07 Å². The van der Waals surface area contributed by atoms with Crippen molar-refractivity contribution in [1.29, 1.82) is 0 Å². The van der Waals surface area contributed by atoms with Crippen LogP contribution < -0.4 is 10.2 Å². The second kappa shape index (κ2) is 6.26. The molecular formula is C16H23F3N2. The maximum atomic E-state index is 12.9. The summed E-state index contributed by atoms with van der Waals surface area (Å²) in [6, 6.07) is 4.35. The summed E-state index contributed by atoms with van der Waals surface area (Å²) < 4.78 is 38.7. The first kappa shape index (κ1) is 16.1. The third-order valence-corrected chi connectivity index (χ3v) is 3.89. The number of rotatable bonds is 3. The Bertz CT molecular complexity index is 483. The lowest BCUT2D eigenvalue weighted by molar-refractivity contribution is -0.137. The Morgan fingerprint density at radius 2 is 2.05 bits per heavy atom. The molecule has 5 heteroatoms. The summed E-state index contributed by atoms with van der Waals surface area (Å²) >= 11 is 0. The van der Waals surface area contributed by atoms with E-state index in [9.17, 15) is 13.2 Å². The fraction of sp³-hybridized carbons (Fsp3) is 0.625. The van der Waals surface area contributed by atoms with Crippen molar-refractivity contribution in [1.82, 2.24) is 5.32 Å². The van der Waals surface area contributed by atoms with Gasteiger partial charge in [-0.3, -0.25) is 0 Å². The van der Waals surface area contributed by atoms with Gasteiger partial charge in [-0.15, -0.1) is 0 Å². The van der Waals surface area contributed by atoms with Gasteiger partial charge in [0.2, 0.25) is 0 Å². The molecule has 0 bridgehead atoms. The number of aryl methyl sites for hydroxylation is 1. The Hall–Kier alpha value is -1.23. The predicted octanol–water partition coefficient (Wildman–Crippen LogP) is 3.84. The van der Waals surface area contributed by atoms with Crippen molar-refractivity contribution in [3.63, 3.8) is 0 Å². The number of alkyl halides is 3. The molecule has 0 saturated carbocycles. The molecule has 2 rings (SSSR count). The van der Waals surface area contributed by atoms with Gasteiger partial charge in [0.1, 0.15) is 0 Å². The van der Waals surface area contributed by atoms with Gasteiger partial charge < -0.3 is 10.2 Å². The van der Waals surface area contributed by atoms with E-state index in [1.807, 2.05) is 6.92 Å². The molecule has 0 radical (unpaired) electrons. The summed E-state index contributed by atoms with van der Waals surface area (Å²) in [5.41, 5.74) is 1.04. The van der Waals surface area contributed by atoms with Crippen LogP contribution in [0.3, 0.4) is 0 Å². The Labute approximate surface area is 124 Å². The summed E-state index contributed by atoms with van der Waals surface area (Å²) in [5, 5.41) is 3.45. The molecule has 1 aromatic carbocycles. The van der Waals surface area contributed by atoms with E-state index >= 15 is 0 Å². The number of anilines is 1. The molecule has 1 aromatic rings. The van der Waals surface area contributed by atoms with Crippen molar-refractivity contribution >= 4 is 5.69 Å². The number of benzene rings is 1. The zero-order valence-electron chi connectivity index (χ0n) is 12.8. The number of hydrogen-bond acceptors (Lipinski definition) is 2. The summed E-state index contributed by atoms with van der Waals surface area (Å²) in [6.45, 7) is 8.52. The summed E-state index contributed by atoms with van der Waals surface area (Å²) in [6.07, 6.45) is -3.25. The van der Waals surface area contributed by atoms with E-state index in [0.717, 1.165) is 37.7 Å². The van der Waals surface area contributed by atoms with Crippen molar-refractivity contribution in [2.75, 3.05) is 24.5 Å². The highest BCUT2D eigenvalue weighted by Gasteiger charge is 2.32. The molecule has 1 heterocycles. The van der Waals surface area contributed by atoms with Gasteiger partial charge in [-0.25, -0.2) is 0 Å². The third-order valence-electron chi connectivity index (χ3n) is 3.89. The second-order valence-electron chi connectivity index (χ2n) is 6.23. The minimum atomic E-state index is -4.28. The van der Waals surface area contributed by atoms with Crippen molar-refractivity contribution in [3.05, 3.63) is 29.3 Å². The van der Waals surface area contributed by atoms with Crippen LogP contribution >= 0.6 is 0 Å². The molecule has 1 atom stereocenters. The smallest absolute Gasteiger partial charge is 0.368 e. The summed E-state index contributed by atoms with van der Waals surface area (Å²) in [5.74, 6) is 0.574. The zero-order chi connectivity index (χ0) is 15.6. The van der Waals surface area contributed by atoms with Gasteiger partial charge in [0, 0.05) is 31.4 Å². The van der Waals surface area contributed by atoms with Crippen molar-refractivity contribution in [2.45, 2.75) is 39.4 Å². The lowest BCUT2D eigenvalue weighted by Gasteiger charge is -2.37. The molecule has 1 N–H and O–H groups in total. The molecule has 21 heavy (non-hydrogen) atoms. The van der Waals surface area contributed by atoms with E-state index in [4.69, 9.17) is 0 Å². The van der Waals surface area contributed by atoms with Crippen LogP contribution in [-0.2, 0) is 6.18 Å². The molecule has 1 unspecified atom stereocenters. The highest BCUT2D eigenvalue weighted by molar-refractivity contribution is 5.56. The predicted molar refractivity (Wildman–Crippen MR) is 79.6 cm³/mol. The van der Waals surface area contributed by atoms with E-state index in [-0.39, 0.29) is 0 Å². The van der Waals surface area contributed by atoms with Crippen molar-refractivity contribution in [2.24, 2.45) is 5.92 Å². The van der Waals surface area contributed by atoms with Crippen LogP contribution in [0.15, 0.2) is 18.2 Å². The number of halogens is 3. The minimum absolute atomic E-state index is 0.340. The van der Waals surface area contributed by atoms with E-state index in [0.29, 0.717) is 17.6 Å². The average molecular weight is 300 g/mol. The van der Waals surface area contributed by atoms with Gasteiger partial charge in [0.15, 0.2) is 0 Å². The molecule has 1 saturated heterocycles. The standard InChI is InChI=1S/C16H23F3N2/c1-11(2)8-14-10-21(7-6-20-14)15-9-13(16(17,18)19)5-4-12(15)3/h4-5,9,11,14,20H,6-8,10H2,1-3H3. The first-order valence-electron chi connectivity index (χ1n) is 7.43. The molecule has 1 aliphatic rings. The molecule has 0 amide bonds. The molecule has 0 spiro atoms. The van der Waals surface area contributed by atoms with Crippen LogP contribution in [0, 0.1) is 12.8 Å². The quantitative estimate of drug-likeness (QED) is 0.912. The lowest BCUT2D eigenvalue weighted by atomic mass is 10.0. The van der Waals surface area contributed by atoms with Gasteiger partial charge in [-0.05, 0) is 37.0 Å². The van der Waals surface area contributed by atoms with Crippen molar-refractivity contribution < 1.29 is 13.2 Å². The Kier molecular flexibility index (Phi) is 4.81. The maximum absolute atomic E-state index is 12.9. The van der Waals surface area contributed by atoms with Crippen LogP contribution in [0.2, 0.25) is 0 Å². The van der Waals surface area contributed by atoms with Gasteiger partial charge >= 0.3 is 6.18 Å². The SMILES string of the molecule is Cc1ccc(C(F)(F)F)cc1N1CCNC(CC(C)C)C1. The van der Waals surface area contributed by atoms with Crippen LogP contribution in [-0.4, -0.2) is 25.7 Å². The van der Waals surface area contributed by atoms with E-state index in [2.05, 4.69) is 24.1 Å². The maximum Gasteiger partial charge on any atom is 0.416 e. The van der Waals surface area contributed by atoms with Crippen molar-refractivity contribution in [3.8, 4) is 0 Å². The molecule has 1 aliphatic heterocycles. The lowest BCUT2D eigenvalue weighted by Crippen LogP contribution is -2.51. The summed E-state index contributed by atoms with van der Waals surface area (Å²) in [7, 11) is 0. The molecule has 0 aliphatic carbocycles. The molecule has 2 nitrogen and oxygen atoms in total. The van der Waals surface area contributed by atoms with Gasteiger partial charge in [-0.2, -0.15) is 13.2 Å². The third kappa shape index (κ3) is 4.13. The Morgan fingerprint density at radius 3 is 2.67 bits per heavy atom. The second-order valence-corrected chi connectivity index (χ2v) is 6.23. The number of hydrogen-bond donors (Lipinski definition) is 1. The first-order valence-corrected chi connectivity index (χ1v) is 7.43. The van der Waals surface area contributed by atoms with E-state index < -0.39 is 11.7 Å². The normalized spacial score (nSPS) is 20.1. The summed E-state index contributed by atoms with van der Waals surface area (Å²) in [4.78, 5) is 2.08. The minimum Gasteiger partial charge on any atom is -0.368 e. The van der Waals surface area contributed by atoms with Crippen LogP contribution in [0.4, 0.5) is 18.9 Å². The van der Waals surface area contributed by atoms with E-state index in [1.165, 1.54) is 6.07 Å². The highest BCUT2D eigenvalue weighted by Crippen LogP contribution is 2.33. The topological polar surface area (TPSA) is 15.3 Å². The molecule has 118 valence electrons. The van der Waals surface area contributed by atoms with Crippen LogP contribution in [0.25, 0.3) is 0 Å². The average Bonchev–Trinajstić information content (AvgIpc) is 2.37. The Morgan fingerprint density at radius 1 is 1.33 bits per heavy atom. The fourth-order valence-electron chi connectivity index (χ4n) is 2.90. The van der Waals surface area contributed by atoms with Gasteiger partial charge in [0.05, 0.1) is 5.56 Å². The van der Waals surface area contributed by atoms with Crippen LogP contribution in [0.5, 0.6) is 0 Å². The number of nitrogens with one attached hydrogen (secondary N) is 1. The highest BCUT2D eigenvalue weighted by atomic mass is 19.4. The molecular weight excluding hydrogens is 277 g/mol. The van der Waals surface area contributed by atoms with Gasteiger partial charge in [-0.1, -0.05) is 19.9 Å². The number of piperazine rings is 1. The molecule has 0 aromatic heterocycles. The van der Waals surface area contributed by atoms with Crippen LogP contribution in [0.1, 0.15) is 31.4 Å². The Balaban J connectivity index is 2.20.